The van der Waals surface area contributed by atoms with Crippen LogP contribution in [0.15, 0.2) is 0 Å². The van der Waals surface area contributed by atoms with Crippen LogP contribution in [0.3, 0.4) is 0 Å². The lowest BCUT2D eigenvalue weighted by atomic mass is 10.0. The summed E-state index contributed by atoms with van der Waals surface area (Å²) in [6, 6.07) is 0. The zero-order valence-corrected chi connectivity index (χ0v) is 20.4. The van der Waals surface area contributed by atoms with Crippen LogP contribution in [0.5, 0.6) is 0 Å². The average molecular weight is 428 g/mol. The van der Waals surface area contributed by atoms with E-state index in [0.717, 1.165) is 26.1 Å². The van der Waals surface area contributed by atoms with Gasteiger partial charge in [-0.25, -0.2) is 0 Å². The summed E-state index contributed by atoms with van der Waals surface area (Å²) in [5.74, 6) is -0.344. The van der Waals surface area contributed by atoms with Gasteiger partial charge in [-0.15, -0.1) is 0 Å². The Morgan fingerprint density at radius 3 is 1.23 bits per heavy atom. The first kappa shape index (κ1) is 29.4. The fourth-order valence-corrected chi connectivity index (χ4v) is 3.76. The summed E-state index contributed by atoms with van der Waals surface area (Å²) in [6.45, 7) is 7.37. The molecule has 0 aliphatic heterocycles. The van der Waals surface area contributed by atoms with Crippen LogP contribution in [0.25, 0.3) is 0 Å². The molecular weight excluding hydrogens is 374 g/mol. The van der Waals surface area contributed by atoms with Gasteiger partial charge in [0.1, 0.15) is 0 Å². The number of carbonyl (C=O) groups excluding carboxylic acids is 1. The first-order chi connectivity index (χ1) is 14.7. The molecule has 0 rings (SSSR count). The molecule has 0 unspecified atom stereocenters. The molecule has 1 amide bonds. The van der Waals surface area contributed by atoms with E-state index >= 15 is 0 Å². The summed E-state index contributed by atoms with van der Waals surface area (Å²) in [5, 5.41) is 0. The Kier molecular flexibility index (Phi) is 24.2. The van der Waals surface area contributed by atoms with Crippen LogP contribution >= 0.6 is 0 Å². The molecule has 4 nitrogen and oxygen atoms in total. The fourth-order valence-electron chi connectivity index (χ4n) is 3.76. The van der Waals surface area contributed by atoms with Crippen molar-refractivity contribution in [1.82, 2.24) is 0 Å². The molecule has 0 saturated heterocycles. The SMILES string of the molecule is CCCCCCCCCCOCCC(CCOCCCCCCCCCC)C(N)=O. The van der Waals surface area contributed by atoms with E-state index in [2.05, 4.69) is 13.8 Å². The molecule has 4 heteroatoms. The Morgan fingerprint density at radius 1 is 0.567 bits per heavy atom. The molecule has 0 aliphatic carbocycles. The number of hydrogen-bond donors (Lipinski definition) is 1. The van der Waals surface area contributed by atoms with Gasteiger partial charge in [0.2, 0.25) is 5.91 Å². The number of amides is 1. The molecule has 0 aromatic rings. The molecule has 0 fully saturated rings. The predicted octanol–water partition coefficient (Wildman–Crippen LogP) is 7.18. The molecule has 0 aromatic heterocycles. The first-order valence-electron chi connectivity index (χ1n) is 13.2. The van der Waals surface area contributed by atoms with E-state index < -0.39 is 0 Å². The Hall–Kier alpha value is -0.610. The van der Waals surface area contributed by atoms with Crippen molar-refractivity contribution in [2.75, 3.05) is 26.4 Å². The predicted molar refractivity (Wildman–Crippen MR) is 129 cm³/mol. The summed E-state index contributed by atoms with van der Waals surface area (Å²) in [7, 11) is 0. The van der Waals surface area contributed by atoms with E-state index in [9.17, 15) is 4.79 Å². The van der Waals surface area contributed by atoms with E-state index in [1.807, 2.05) is 0 Å². The lowest BCUT2D eigenvalue weighted by Gasteiger charge is -2.14. The minimum atomic E-state index is -0.221. The molecule has 2 N–H and O–H groups in total. The van der Waals surface area contributed by atoms with Crippen LogP contribution in [-0.2, 0) is 14.3 Å². The number of primary amides is 1. The second kappa shape index (κ2) is 24.7. The topological polar surface area (TPSA) is 61.6 Å². The summed E-state index contributed by atoms with van der Waals surface area (Å²) in [5.41, 5.74) is 5.55. The van der Waals surface area contributed by atoms with Crippen LogP contribution in [0.1, 0.15) is 129 Å². The number of nitrogens with two attached hydrogens (primary N) is 1. The van der Waals surface area contributed by atoms with Gasteiger partial charge in [-0.2, -0.15) is 0 Å². The van der Waals surface area contributed by atoms with Crippen molar-refractivity contribution in [1.29, 1.82) is 0 Å². The van der Waals surface area contributed by atoms with Crippen molar-refractivity contribution >= 4 is 5.91 Å². The second-order valence-corrected chi connectivity index (χ2v) is 8.85. The number of ether oxygens (including phenoxy) is 2. The smallest absolute Gasteiger partial charge is 0.220 e. The van der Waals surface area contributed by atoms with E-state index in [4.69, 9.17) is 15.2 Å². The normalized spacial score (nSPS) is 11.4. The first-order valence-corrected chi connectivity index (χ1v) is 13.2. The molecule has 0 atom stereocenters. The second-order valence-electron chi connectivity index (χ2n) is 8.85. The molecule has 0 saturated carbocycles. The van der Waals surface area contributed by atoms with Crippen LogP contribution < -0.4 is 5.73 Å². The van der Waals surface area contributed by atoms with Crippen molar-refractivity contribution in [3.05, 3.63) is 0 Å². The summed E-state index contributed by atoms with van der Waals surface area (Å²) >= 11 is 0. The van der Waals surface area contributed by atoms with Crippen molar-refractivity contribution in [3.8, 4) is 0 Å². The highest BCUT2D eigenvalue weighted by molar-refractivity contribution is 5.76. The summed E-state index contributed by atoms with van der Waals surface area (Å²) < 4.78 is 11.4. The van der Waals surface area contributed by atoms with Gasteiger partial charge in [0, 0.05) is 32.3 Å². The zero-order valence-electron chi connectivity index (χ0n) is 20.4. The van der Waals surface area contributed by atoms with Crippen LogP contribution in [0.2, 0.25) is 0 Å². The van der Waals surface area contributed by atoms with Crippen molar-refractivity contribution in [2.45, 2.75) is 129 Å². The highest BCUT2D eigenvalue weighted by Gasteiger charge is 2.14. The Balaban J connectivity index is 3.43. The molecule has 180 valence electrons. The summed E-state index contributed by atoms with van der Waals surface area (Å²) in [4.78, 5) is 11.6. The standard InChI is InChI=1S/C26H53NO3/c1-3-5-7-9-11-13-15-17-21-29-23-19-25(26(27)28)20-24-30-22-18-16-14-12-10-8-6-4-2/h25H,3-24H2,1-2H3,(H2,27,28). The number of rotatable bonds is 25. The highest BCUT2D eigenvalue weighted by atomic mass is 16.5. The number of carbonyl (C=O) groups is 1. The maximum absolute atomic E-state index is 11.6. The van der Waals surface area contributed by atoms with Crippen molar-refractivity contribution < 1.29 is 14.3 Å². The molecule has 30 heavy (non-hydrogen) atoms. The van der Waals surface area contributed by atoms with Gasteiger partial charge in [0.25, 0.3) is 0 Å². The van der Waals surface area contributed by atoms with E-state index in [1.54, 1.807) is 0 Å². The minimum Gasteiger partial charge on any atom is -0.381 e. The van der Waals surface area contributed by atoms with Gasteiger partial charge < -0.3 is 15.2 Å². The molecule has 0 heterocycles. The van der Waals surface area contributed by atoms with Gasteiger partial charge >= 0.3 is 0 Å². The van der Waals surface area contributed by atoms with Crippen molar-refractivity contribution in [3.63, 3.8) is 0 Å². The fraction of sp³-hybridized carbons (Fsp3) is 0.962. The van der Waals surface area contributed by atoms with E-state index in [0.29, 0.717) is 26.1 Å². The molecule has 0 aliphatic rings. The lowest BCUT2D eigenvalue weighted by Crippen LogP contribution is -2.26. The molecule has 0 radical (unpaired) electrons. The van der Waals surface area contributed by atoms with Gasteiger partial charge in [-0.05, 0) is 25.7 Å². The quantitative estimate of drug-likeness (QED) is 0.157. The van der Waals surface area contributed by atoms with Crippen LogP contribution in [-0.4, -0.2) is 32.3 Å². The van der Waals surface area contributed by atoms with Crippen LogP contribution in [0, 0.1) is 5.92 Å². The Bertz CT molecular complexity index is 323. The lowest BCUT2D eigenvalue weighted by molar-refractivity contribution is -0.123. The third kappa shape index (κ3) is 22.1. The molecule has 0 spiro atoms. The highest BCUT2D eigenvalue weighted by Crippen LogP contribution is 2.12. The van der Waals surface area contributed by atoms with Crippen molar-refractivity contribution in [2.24, 2.45) is 11.7 Å². The molecule has 0 aromatic carbocycles. The average Bonchev–Trinajstić information content (AvgIpc) is 2.74. The monoisotopic (exact) mass is 427 g/mol. The number of hydrogen-bond acceptors (Lipinski definition) is 3. The van der Waals surface area contributed by atoms with Crippen LogP contribution in [0.4, 0.5) is 0 Å². The maximum Gasteiger partial charge on any atom is 0.220 e. The Labute approximate surface area is 188 Å². The Morgan fingerprint density at radius 2 is 0.900 bits per heavy atom. The van der Waals surface area contributed by atoms with Gasteiger partial charge in [-0.1, -0.05) is 104 Å². The van der Waals surface area contributed by atoms with Gasteiger partial charge in [-0.3, -0.25) is 4.79 Å². The largest absolute Gasteiger partial charge is 0.381 e. The summed E-state index contributed by atoms with van der Waals surface area (Å²) in [6.07, 6.45) is 22.4. The maximum atomic E-state index is 11.6. The third-order valence-electron chi connectivity index (χ3n) is 5.91. The zero-order chi connectivity index (χ0) is 22.1. The minimum absolute atomic E-state index is 0.123. The van der Waals surface area contributed by atoms with E-state index in [-0.39, 0.29) is 11.8 Å². The van der Waals surface area contributed by atoms with Gasteiger partial charge in [0.05, 0.1) is 0 Å². The van der Waals surface area contributed by atoms with E-state index in [1.165, 1.54) is 89.9 Å². The third-order valence-corrected chi connectivity index (χ3v) is 5.91. The number of unbranched alkanes of at least 4 members (excludes halogenated alkanes) is 14. The van der Waals surface area contributed by atoms with Gasteiger partial charge in [0.15, 0.2) is 0 Å². The molecular formula is C26H53NO3. The molecule has 0 bridgehead atoms.